The standard InChI is InChI=1S/C15H28N4/c1-5-18-8-6-14(7-9-18)16-10-13-11-17-19(12-13)15(2,3)4/h11-12,14,16H,5-10H2,1-4H3. The van der Waals surface area contributed by atoms with Gasteiger partial charge in [0.1, 0.15) is 0 Å². The van der Waals surface area contributed by atoms with Crippen molar-refractivity contribution in [1.29, 1.82) is 0 Å². The molecule has 0 saturated carbocycles. The van der Waals surface area contributed by atoms with Crippen LogP contribution in [0.1, 0.15) is 46.1 Å². The predicted octanol–water partition coefficient (Wildman–Crippen LogP) is 2.21. The third-order valence-corrected chi connectivity index (χ3v) is 3.95. The molecule has 4 heteroatoms. The highest BCUT2D eigenvalue weighted by atomic mass is 15.3. The van der Waals surface area contributed by atoms with Gasteiger partial charge in [0.05, 0.1) is 11.7 Å². The lowest BCUT2D eigenvalue weighted by Crippen LogP contribution is -2.42. The van der Waals surface area contributed by atoms with Gasteiger partial charge in [-0.15, -0.1) is 0 Å². The zero-order chi connectivity index (χ0) is 13.9. The molecule has 0 radical (unpaired) electrons. The molecule has 0 aliphatic carbocycles. The van der Waals surface area contributed by atoms with E-state index in [9.17, 15) is 0 Å². The molecule has 1 fully saturated rings. The molecule has 1 aliphatic heterocycles. The molecule has 1 saturated heterocycles. The molecule has 1 aromatic heterocycles. The lowest BCUT2D eigenvalue weighted by molar-refractivity contribution is 0.206. The van der Waals surface area contributed by atoms with Crippen LogP contribution in [-0.2, 0) is 12.1 Å². The van der Waals surface area contributed by atoms with Crippen LogP contribution in [0.3, 0.4) is 0 Å². The minimum absolute atomic E-state index is 0.0741. The summed E-state index contributed by atoms with van der Waals surface area (Å²) in [6.45, 7) is 13.4. The second-order valence-corrected chi connectivity index (χ2v) is 6.55. The fourth-order valence-corrected chi connectivity index (χ4v) is 2.53. The highest BCUT2D eigenvalue weighted by Crippen LogP contribution is 2.14. The van der Waals surface area contributed by atoms with E-state index >= 15 is 0 Å². The van der Waals surface area contributed by atoms with Crippen LogP contribution in [-0.4, -0.2) is 40.4 Å². The molecule has 1 aliphatic rings. The van der Waals surface area contributed by atoms with Crippen molar-refractivity contribution in [2.24, 2.45) is 0 Å². The summed E-state index contributed by atoms with van der Waals surface area (Å²) in [7, 11) is 0. The number of hydrogen-bond donors (Lipinski definition) is 1. The van der Waals surface area contributed by atoms with Crippen LogP contribution in [0, 0.1) is 0 Å². The molecule has 108 valence electrons. The number of nitrogens with zero attached hydrogens (tertiary/aromatic N) is 3. The maximum Gasteiger partial charge on any atom is 0.0543 e. The number of rotatable bonds is 4. The summed E-state index contributed by atoms with van der Waals surface area (Å²) >= 11 is 0. The number of aromatic nitrogens is 2. The van der Waals surface area contributed by atoms with E-state index in [0.717, 1.165) is 6.54 Å². The zero-order valence-electron chi connectivity index (χ0n) is 12.8. The Kier molecular flexibility index (Phi) is 4.63. The minimum Gasteiger partial charge on any atom is -0.310 e. The highest BCUT2D eigenvalue weighted by molar-refractivity contribution is 5.05. The maximum atomic E-state index is 4.44. The van der Waals surface area contributed by atoms with Crippen LogP contribution in [0.2, 0.25) is 0 Å². The van der Waals surface area contributed by atoms with Gasteiger partial charge >= 0.3 is 0 Å². The number of likely N-dealkylation sites (tertiary alicyclic amines) is 1. The molecule has 2 rings (SSSR count). The van der Waals surface area contributed by atoms with Crippen molar-refractivity contribution in [3.05, 3.63) is 18.0 Å². The SMILES string of the molecule is CCN1CCC(NCc2cnn(C(C)(C)C)c2)CC1. The summed E-state index contributed by atoms with van der Waals surface area (Å²) in [6, 6.07) is 0.667. The Morgan fingerprint density at radius 2 is 2.00 bits per heavy atom. The fourth-order valence-electron chi connectivity index (χ4n) is 2.53. The van der Waals surface area contributed by atoms with Crippen LogP contribution in [0.5, 0.6) is 0 Å². The van der Waals surface area contributed by atoms with Crippen LogP contribution >= 0.6 is 0 Å². The van der Waals surface area contributed by atoms with Gasteiger partial charge in [-0.1, -0.05) is 6.92 Å². The van der Waals surface area contributed by atoms with E-state index < -0.39 is 0 Å². The largest absolute Gasteiger partial charge is 0.310 e. The van der Waals surface area contributed by atoms with Gasteiger partial charge < -0.3 is 10.2 Å². The molecule has 0 spiro atoms. The first-order valence-electron chi connectivity index (χ1n) is 7.49. The molecule has 4 nitrogen and oxygen atoms in total. The molecule has 0 amide bonds. The summed E-state index contributed by atoms with van der Waals surface area (Å²) in [5.41, 5.74) is 1.36. The third-order valence-electron chi connectivity index (χ3n) is 3.95. The Morgan fingerprint density at radius 3 is 2.53 bits per heavy atom. The van der Waals surface area contributed by atoms with E-state index in [1.165, 1.54) is 38.0 Å². The van der Waals surface area contributed by atoms with Gasteiger partial charge in [-0.3, -0.25) is 4.68 Å². The molecule has 2 heterocycles. The van der Waals surface area contributed by atoms with Gasteiger partial charge in [0.25, 0.3) is 0 Å². The van der Waals surface area contributed by atoms with E-state index in [2.05, 4.69) is 49.2 Å². The lowest BCUT2D eigenvalue weighted by atomic mass is 10.0. The Labute approximate surface area is 117 Å². The first-order chi connectivity index (χ1) is 8.99. The Balaban J connectivity index is 1.78. The molecule has 0 aromatic carbocycles. The molecule has 19 heavy (non-hydrogen) atoms. The van der Waals surface area contributed by atoms with Crippen molar-refractivity contribution in [2.75, 3.05) is 19.6 Å². The van der Waals surface area contributed by atoms with Crippen LogP contribution < -0.4 is 5.32 Å². The summed E-state index contributed by atoms with van der Waals surface area (Å²) in [5.74, 6) is 0. The van der Waals surface area contributed by atoms with Gasteiger partial charge in [0.2, 0.25) is 0 Å². The normalized spacial score (nSPS) is 18.9. The van der Waals surface area contributed by atoms with Crippen LogP contribution in [0.4, 0.5) is 0 Å². The predicted molar refractivity (Wildman–Crippen MR) is 79.2 cm³/mol. The van der Waals surface area contributed by atoms with Crippen molar-refractivity contribution in [2.45, 2.75) is 58.7 Å². The average Bonchev–Trinajstić information content (AvgIpc) is 2.86. The second-order valence-electron chi connectivity index (χ2n) is 6.55. The molecule has 0 atom stereocenters. The minimum atomic E-state index is 0.0741. The number of hydrogen-bond acceptors (Lipinski definition) is 3. The van der Waals surface area contributed by atoms with E-state index in [1.807, 2.05) is 10.9 Å². The van der Waals surface area contributed by atoms with E-state index in [1.54, 1.807) is 0 Å². The monoisotopic (exact) mass is 264 g/mol. The third kappa shape index (κ3) is 4.05. The van der Waals surface area contributed by atoms with Gasteiger partial charge in [-0.2, -0.15) is 5.10 Å². The van der Waals surface area contributed by atoms with Crippen LogP contribution in [0.15, 0.2) is 12.4 Å². The quantitative estimate of drug-likeness (QED) is 0.905. The second kappa shape index (κ2) is 6.06. The number of nitrogens with one attached hydrogen (secondary N) is 1. The number of piperidine rings is 1. The zero-order valence-corrected chi connectivity index (χ0v) is 12.8. The van der Waals surface area contributed by atoms with Crippen molar-refractivity contribution in [3.63, 3.8) is 0 Å². The average molecular weight is 264 g/mol. The van der Waals surface area contributed by atoms with Crippen molar-refractivity contribution >= 4 is 0 Å². The van der Waals surface area contributed by atoms with Gasteiger partial charge in [0, 0.05) is 24.3 Å². The van der Waals surface area contributed by atoms with Crippen LogP contribution in [0.25, 0.3) is 0 Å². The van der Waals surface area contributed by atoms with E-state index in [0.29, 0.717) is 6.04 Å². The van der Waals surface area contributed by atoms with Crippen molar-refractivity contribution in [1.82, 2.24) is 20.0 Å². The molecular formula is C15H28N4. The smallest absolute Gasteiger partial charge is 0.0543 e. The van der Waals surface area contributed by atoms with Gasteiger partial charge in [-0.25, -0.2) is 0 Å². The molecule has 1 aromatic rings. The summed E-state index contributed by atoms with van der Waals surface area (Å²) in [4.78, 5) is 2.52. The summed E-state index contributed by atoms with van der Waals surface area (Å²) in [5, 5.41) is 8.11. The lowest BCUT2D eigenvalue weighted by Gasteiger charge is -2.31. The summed E-state index contributed by atoms with van der Waals surface area (Å²) < 4.78 is 2.05. The highest BCUT2D eigenvalue weighted by Gasteiger charge is 2.18. The Hall–Kier alpha value is -0.870. The topological polar surface area (TPSA) is 33.1 Å². The van der Waals surface area contributed by atoms with Crippen molar-refractivity contribution < 1.29 is 0 Å². The first-order valence-corrected chi connectivity index (χ1v) is 7.49. The molecular weight excluding hydrogens is 236 g/mol. The fraction of sp³-hybridized carbons (Fsp3) is 0.800. The molecule has 0 bridgehead atoms. The Morgan fingerprint density at radius 1 is 1.32 bits per heavy atom. The summed E-state index contributed by atoms with van der Waals surface area (Å²) in [6.07, 6.45) is 6.68. The van der Waals surface area contributed by atoms with E-state index in [4.69, 9.17) is 0 Å². The molecule has 0 unspecified atom stereocenters. The molecule has 1 N–H and O–H groups in total. The maximum absolute atomic E-state index is 4.44. The van der Waals surface area contributed by atoms with Gasteiger partial charge in [-0.05, 0) is 53.2 Å². The first kappa shape index (κ1) is 14.5. The van der Waals surface area contributed by atoms with Crippen molar-refractivity contribution in [3.8, 4) is 0 Å². The van der Waals surface area contributed by atoms with E-state index in [-0.39, 0.29) is 5.54 Å². The Bertz CT molecular complexity index is 383. The van der Waals surface area contributed by atoms with Gasteiger partial charge in [0.15, 0.2) is 0 Å².